The lowest BCUT2D eigenvalue weighted by atomic mass is 10.1. The number of ether oxygens (including phenoxy) is 1. The van der Waals surface area contributed by atoms with Gasteiger partial charge in [-0.1, -0.05) is 6.07 Å². The minimum atomic E-state index is 0.531. The molecule has 0 amide bonds. The summed E-state index contributed by atoms with van der Waals surface area (Å²) in [5.74, 6) is 0.945. The summed E-state index contributed by atoms with van der Waals surface area (Å²) in [4.78, 5) is 5.39. The van der Waals surface area contributed by atoms with E-state index in [1.54, 1.807) is 11.3 Å². The van der Waals surface area contributed by atoms with Crippen molar-refractivity contribution in [1.29, 1.82) is 0 Å². The molecule has 2 N–H and O–H groups in total. The summed E-state index contributed by atoms with van der Waals surface area (Å²) in [5.41, 5.74) is 8.47. The first-order valence-electron chi connectivity index (χ1n) is 6.23. The predicted molar refractivity (Wildman–Crippen MR) is 72.8 cm³/mol. The molecule has 0 unspecified atom stereocenters. The van der Waals surface area contributed by atoms with E-state index in [0.717, 1.165) is 15.6 Å². The lowest BCUT2D eigenvalue weighted by molar-refractivity contribution is 0.305. The molecule has 94 valence electrons. The van der Waals surface area contributed by atoms with Crippen molar-refractivity contribution in [1.82, 2.24) is 4.98 Å². The minimum Gasteiger partial charge on any atom is -0.486 e. The molecule has 1 aromatic heterocycles. The average molecular weight is 260 g/mol. The second kappa shape index (κ2) is 5.08. The van der Waals surface area contributed by atoms with Crippen molar-refractivity contribution in [3.8, 4) is 5.75 Å². The van der Waals surface area contributed by atoms with Crippen molar-refractivity contribution in [2.45, 2.75) is 32.4 Å². The molecule has 1 aliphatic carbocycles. The van der Waals surface area contributed by atoms with Crippen LogP contribution in [-0.4, -0.2) is 4.98 Å². The lowest BCUT2D eigenvalue weighted by Crippen LogP contribution is -1.95. The first-order valence-corrected chi connectivity index (χ1v) is 7.05. The maximum atomic E-state index is 5.78. The Morgan fingerprint density at radius 2 is 2.17 bits per heavy atom. The molecule has 0 saturated carbocycles. The number of nitrogens with zero attached hydrogens (tertiary/aromatic N) is 1. The molecule has 0 fully saturated rings. The van der Waals surface area contributed by atoms with E-state index in [4.69, 9.17) is 10.5 Å². The van der Waals surface area contributed by atoms with Crippen molar-refractivity contribution in [3.05, 3.63) is 45.4 Å². The molecular formula is C14H16N2OS. The Labute approximate surface area is 111 Å². The van der Waals surface area contributed by atoms with Gasteiger partial charge in [0.2, 0.25) is 0 Å². The van der Waals surface area contributed by atoms with Gasteiger partial charge < -0.3 is 10.5 Å². The van der Waals surface area contributed by atoms with Gasteiger partial charge in [-0.2, -0.15) is 0 Å². The van der Waals surface area contributed by atoms with Gasteiger partial charge in [0, 0.05) is 17.6 Å². The fraction of sp³-hybridized carbons (Fsp3) is 0.357. The summed E-state index contributed by atoms with van der Waals surface area (Å²) in [6.45, 7) is 1.08. The molecule has 1 aliphatic rings. The van der Waals surface area contributed by atoms with Crippen LogP contribution in [0.5, 0.6) is 5.75 Å². The zero-order valence-corrected chi connectivity index (χ0v) is 11.0. The summed E-state index contributed by atoms with van der Waals surface area (Å²) in [6.07, 6.45) is 5.49. The summed E-state index contributed by atoms with van der Waals surface area (Å²) >= 11 is 1.62. The topological polar surface area (TPSA) is 48.1 Å². The Morgan fingerprint density at radius 1 is 1.28 bits per heavy atom. The van der Waals surface area contributed by atoms with Gasteiger partial charge in [-0.25, -0.2) is 4.98 Å². The second-order valence-electron chi connectivity index (χ2n) is 4.50. The van der Waals surface area contributed by atoms with Crippen LogP contribution in [0, 0.1) is 0 Å². The van der Waals surface area contributed by atoms with Crippen LogP contribution in [0.15, 0.2) is 24.4 Å². The fourth-order valence-electron chi connectivity index (χ4n) is 2.29. The number of aromatic nitrogens is 1. The monoisotopic (exact) mass is 260 g/mol. The maximum absolute atomic E-state index is 5.78. The summed E-state index contributed by atoms with van der Waals surface area (Å²) in [6, 6.07) is 6.41. The average Bonchev–Trinajstić information content (AvgIpc) is 3.04. The van der Waals surface area contributed by atoms with E-state index in [1.807, 2.05) is 6.20 Å². The van der Waals surface area contributed by atoms with Crippen molar-refractivity contribution in [3.63, 3.8) is 0 Å². The van der Waals surface area contributed by atoms with Gasteiger partial charge in [-0.05, 0) is 42.5 Å². The van der Waals surface area contributed by atoms with Gasteiger partial charge in [-0.3, -0.25) is 0 Å². The third kappa shape index (κ3) is 2.40. The van der Waals surface area contributed by atoms with Crippen LogP contribution in [0.1, 0.15) is 27.4 Å². The molecule has 0 atom stereocenters. The van der Waals surface area contributed by atoms with Crippen LogP contribution in [0.4, 0.5) is 0 Å². The highest BCUT2D eigenvalue weighted by Crippen LogP contribution is 2.26. The molecule has 4 heteroatoms. The lowest BCUT2D eigenvalue weighted by Gasteiger charge is -2.06. The number of thiazole rings is 1. The van der Waals surface area contributed by atoms with Crippen LogP contribution in [0.3, 0.4) is 0 Å². The van der Waals surface area contributed by atoms with Gasteiger partial charge in [0.1, 0.15) is 17.4 Å². The second-order valence-corrected chi connectivity index (χ2v) is 5.70. The van der Waals surface area contributed by atoms with Crippen molar-refractivity contribution in [2.75, 3.05) is 0 Å². The number of rotatable bonds is 4. The molecule has 3 nitrogen and oxygen atoms in total. The zero-order valence-electron chi connectivity index (χ0n) is 10.2. The van der Waals surface area contributed by atoms with E-state index in [1.165, 1.54) is 30.4 Å². The highest BCUT2D eigenvalue weighted by atomic mass is 32.1. The van der Waals surface area contributed by atoms with Crippen molar-refractivity contribution < 1.29 is 4.74 Å². The van der Waals surface area contributed by atoms with E-state index in [9.17, 15) is 0 Å². The molecule has 0 saturated heterocycles. The van der Waals surface area contributed by atoms with Gasteiger partial charge in [-0.15, -0.1) is 11.3 Å². The Bertz CT molecular complexity index is 550. The van der Waals surface area contributed by atoms with E-state index >= 15 is 0 Å². The van der Waals surface area contributed by atoms with Crippen molar-refractivity contribution >= 4 is 11.3 Å². The smallest absolute Gasteiger partial charge is 0.140 e. The summed E-state index contributed by atoms with van der Waals surface area (Å²) in [5, 5.41) is 0.982. The van der Waals surface area contributed by atoms with E-state index in [-0.39, 0.29) is 0 Å². The summed E-state index contributed by atoms with van der Waals surface area (Å²) < 4.78 is 5.78. The molecule has 0 radical (unpaired) electrons. The van der Waals surface area contributed by atoms with Crippen LogP contribution in [0.2, 0.25) is 0 Å². The van der Waals surface area contributed by atoms with E-state index in [2.05, 4.69) is 23.2 Å². The number of aryl methyl sites for hydroxylation is 2. The van der Waals surface area contributed by atoms with Crippen LogP contribution in [-0.2, 0) is 26.0 Å². The van der Waals surface area contributed by atoms with Gasteiger partial charge in [0.25, 0.3) is 0 Å². The van der Waals surface area contributed by atoms with Gasteiger partial charge in [0.15, 0.2) is 0 Å². The van der Waals surface area contributed by atoms with Crippen LogP contribution < -0.4 is 10.5 Å². The number of nitrogens with two attached hydrogens (primary N) is 1. The Kier molecular flexibility index (Phi) is 3.30. The number of fused-ring (bicyclic) bond motifs is 1. The Balaban J connectivity index is 1.66. The Hall–Kier alpha value is -1.39. The molecule has 3 rings (SSSR count). The Morgan fingerprint density at radius 3 is 3.00 bits per heavy atom. The number of hydrogen-bond donors (Lipinski definition) is 1. The molecule has 0 bridgehead atoms. The maximum Gasteiger partial charge on any atom is 0.140 e. The molecule has 1 heterocycles. The third-order valence-electron chi connectivity index (χ3n) is 3.23. The molecule has 0 aliphatic heterocycles. The van der Waals surface area contributed by atoms with Crippen LogP contribution in [0.25, 0.3) is 0 Å². The largest absolute Gasteiger partial charge is 0.486 e. The van der Waals surface area contributed by atoms with E-state index in [0.29, 0.717) is 13.2 Å². The molecule has 0 spiro atoms. The van der Waals surface area contributed by atoms with Crippen molar-refractivity contribution in [2.24, 2.45) is 5.73 Å². The number of benzene rings is 1. The van der Waals surface area contributed by atoms with Crippen LogP contribution >= 0.6 is 11.3 Å². The first-order chi connectivity index (χ1) is 8.85. The number of hydrogen-bond acceptors (Lipinski definition) is 4. The van der Waals surface area contributed by atoms with Gasteiger partial charge in [0.05, 0.1) is 0 Å². The fourth-order valence-corrected chi connectivity index (χ4v) is 3.01. The highest BCUT2D eigenvalue weighted by molar-refractivity contribution is 7.11. The SMILES string of the molecule is NCc1cnc(COc2ccc3c(c2)CCC3)s1. The minimum absolute atomic E-state index is 0.531. The first kappa shape index (κ1) is 11.7. The highest BCUT2D eigenvalue weighted by Gasteiger charge is 2.11. The van der Waals surface area contributed by atoms with Gasteiger partial charge >= 0.3 is 0 Å². The molecule has 2 aromatic rings. The third-order valence-corrected chi connectivity index (χ3v) is 4.23. The van der Waals surface area contributed by atoms with E-state index < -0.39 is 0 Å². The predicted octanol–water partition coefficient (Wildman–Crippen LogP) is 2.67. The quantitative estimate of drug-likeness (QED) is 0.919. The normalized spacial score (nSPS) is 13.6. The standard InChI is InChI=1S/C14H16N2OS/c15-7-13-8-16-14(18-13)9-17-12-5-4-10-2-1-3-11(10)6-12/h4-6,8H,1-3,7,9,15H2. The molecular weight excluding hydrogens is 244 g/mol. The zero-order chi connectivity index (χ0) is 12.4. The summed E-state index contributed by atoms with van der Waals surface area (Å²) in [7, 11) is 0. The molecule has 1 aromatic carbocycles. The molecule has 18 heavy (non-hydrogen) atoms.